The van der Waals surface area contributed by atoms with Crippen LogP contribution in [0.5, 0.6) is 0 Å². The largest absolute Gasteiger partial charge is 0.461 e. The Labute approximate surface area is 128 Å². The topological polar surface area (TPSA) is 60.3 Å². The van der Waals surface area contributed by atoms with Crippen molar-refractivity contribution in [3.63, 3.8) is 0 Å². The maximum atomic E-state index is 12.1. The van der Waals surface area contributed by atoms with Crippen LogP contribution in [0.15, 0.2) is 36.4 Å². The molecule has 1 N–H and O–H groups in total. The third-order valence-corrected chi connectivity index (χ3v) is 3.65. The van der Waals surface area contributed by atoms with Crippen LogP contribution >= 0.6 is 0 Å². The number of benzene rings is 1. The van der Waals surface area contributed by atoms with Crippen molar-refractivity contribution in [2.24, 2.45) is 7.05 Å². The van der Waals surface area contributed by atoms with Gasteiger partial charge in [-0.25, -0.2) is 4.79 Å². The van der Waals surface area contributed by atoms with Crippen molar-refractivity contribution >= 4 is 29.2 Å². The summed E-state index contributed by atoms with van der Waals surface area (Å²) < 4.78 is 6.73. The molecule has 0 unspecified atom stereocenters. The van der Waals surface area contributed by atoms with Crippen molar-refractivity contribution in [1.82, 2.24) is 4.57 Å². The Balaban J connectivity index is 2.00. The number of carbonyl (C=O) groups excluding carboxylic acids is 2. The average Bonchev–Trinajstić information content (AvgIpc) is 3.01. The van der Waals surface area contributed by atoms with E-state index in [2.05, 4.69) is 5.32 Å². The number of para-hydroxylation sites is 1. The van der Waals surface area contributed by atoms with Gasteiger partial charge >= 0.3 is 5.97 Å². The summed E-state index contributed by atoms with van der Waals surface area (Å²) in [7, 11) is 1.78. The lowest BCUT2D eigenvalue weighted by Gasteiger charge is -2.05. The standard InChI is InChI=1S/C17H16N2O3/c1-3-22-17(21)15-9-8-11(19(15)2)10-13-12-6-4-5-7-14(12)18-16(13)20/h4-10H,3H2,1-2H3,(H,18,20). The summed E-state index contributed by atoms with van der Waals surface area (Å²) in [5, 5.41) is 2.83. The van der Waals surface area contributed by atoms with Crippen LogP contribution in [0.4, 0.5) is 5.69 Å². The number of rotatable bonds is 3. The van der Waals surface area contributed by atoms with Crippen LogP contribution in [0.3, 0.4) is 0 Å². The number of fused-ring (bicyclic) bond motifs is 1. The van der Waals surface area contributed by atoms with Gasteiger partial charge in [0.2, 0.25) is 0 Å². The van der Waals surface area contributed by atoms with Crippen molar-refractivity contribution in [3.8, 4) is 0 Å². The molecular formula is C17H16N2O3. The Morgan fingerprint density at radius 3 is 2.82 bits per heavy atom. The molecule has 2 heterocycles. The summed E-state index contributed by atoms with van der Waals surface area (Å²) in [6, 6.07) is 11.0. The number of esters is 1. The second kappa shape index (κ2) is 5.52. The van der Waals surface area contributed by atoms with E-state index in [1.807, 2.05) is 24.3 Å². The SMILES string of the molecule is CCOC(=O)c1ccc(C=C2C(=O)Nc3ccccc32)n1C. The Kier molecular flexibility index (Phi) is 3.55. The smallest absolute Gasteiger partial charge is 0.354 e. The number of carbonyl (C=O) groups is 2. The molecule has 0 saturated heterocycles. The highest BCUT2D eigenvalue weighted by Gasteiger charge is 2.24. The molecule has 5 heteroatoms. The highest BCUT2D eigenvalue weighted by molar-refractivity contribution is 6.34. The van der Waals surface area contributed by atoms with Crippen molar-refractivity contribution in [2.75, 3.05) is 11.9 Å². The molecular weight excluding hydrogens is 280 g/mol. The Morgan fingerprint density at radius 2 is 2.05 bits per heavy atom. The summed E-state index contributed by atoms with van der Waals surface area (Å²) in [6.45, 7) is 2.10. The molecule has 1 aliphatic heterocycles. The summed E-state index contributed by atoms with van der Waals surface area (Å²) in [5.41, 5.74) is 3.49. The molecule has 1 amide bonds. The lowest BCUT2D eigenvalue weighted by Crippen LogP contribution is -2.10. The van der Waals surface area contributed by atoms with Gasteiger partial charge in [0, 0.05) is 24.0 Å². The highest BCUT2D eigenvalue weighted by atomic mass is 16.5. The van der Waals surface area contributed by atoms with Crippen molar-refractivity contribution in [3.05, 3.63) is 53.3 Å². The van der Waals surface area contributed by atoms with Gasteiger partial charge in [-0.15, -0.1) is 0 Å². The number of aromatic nitrogens is 1. The number of amides is 1. The zero-order valence-corrected chi connectivity index (χ0v) is 12.4. The summed E-state index contributed by atoms with van der Waals surface area (Å²) in [5.74, 6) is -0.508. The third-order valence-electron chi connectivity index (χ3n) is 3.65. The van der Waals surface area contributed by atoms with E-state index in [4.69, 9.17) is 4.74 Å². The molecule has 0 radical (unpaired) electrons. The van der Waals surface area contributed by atoms with Gasteiger partial charge in [-0.3, -0.25) is 4.79 Å². The van der Waals surface area contributed by atoms with Crippen LogP contribution in [0.2, 0.25) is 0 Å². The fourth-order valence-corrected chi connectivity index (χ4v) is 2.51. The van der Waals surface area contributed by atoms with Gasteiger partial charge in [0.25, 0.3) is 5.91 Å². The maximum Gasteiger partial charge on any atom is 0.354 e. The minimum atomic E-state index is -0.370. The minimum Gasteiger partial charge on any atom is -0.461 e. The molecule has 1 aromatic heterocycles. The van der Waals surface area contributed by atoms with Gasteiger partial charge in [0.15, 0.2) is 0 Å². The molecule has 112 valence electrons. The van der Waals surface area contributed by atoms with Gasteiger partial charge in [0.05, 0.1) is 12.2 Å². The minimum absolute atomic E-state index is 0.139. The molecule has 2 aromatic rings. The third kappa shape index (κ3) is 2.30. The molecule has 3 rings (SSSR count). The van der Waals surface area contributed by atoms with Crippen LogP contribution in [0.1, 0.15) is 28.7 Å². The molecule has 1 aliphatic rings. The summed E-state index contributed by atoms with van der Waals surface area (Å²) >= 11 is 0. The van der Waals surface area contributed by atoms with E-state index in [-0.39, 0.29) is 11.9 Å². The van der Waals surface area contributed by atoms with Crippen molar-refractivity contribution in [2.45, 2.75) is 6.92 Å². The van der Waals surface area contributed by atoms with Crippen LogP contribution < -0.4 is 5.32 Å². The Hall–Kier alpha value is -2.82. The molecule has 0 atom stereocenters. The Bertz CT molecular complexity index is 787. The average molecular weight is 296 g/mol. The monoisotopic (exact) mass is 296 g/mol. The first-order valence-electron chi connectivity index (χ1n) is 7.07. The van der Waals surface area contributed by atoms with Gasteiger partial charge in [-0.2, -0.15) is 0 Å². The molecule has 1 aromatic carbocycles. The van der Waals surface area contributed by atoms with E-state index in [0.29, 0.717) is 17.9 Å². The molecule has 0 spiro atoms. The number of hydrogen-bond donors (Lipinski definition) is 1. The second-order valence-corrected chi connectivity index (χ2v) is 4.98. The van der Waals surface area contributed by atoms with Gasteiger partial charge in [-0.05, 0) is 31.2 Å². The number of hydrogen-bond acceptors (Lipinski definition) is 3. The second-order valence-electron chi connectivity index (χ2n) is 4.98. The molecule has 0 saturated carbocycles. The van der Waals surface area contributed by atoms with Crippen LogP contribution in [0, 0.1) is 0 Å². The molecule has 5 nitrogen and oxygen atoms in total. The van der Waals surface area contributed by atoms with E-state index in [9.17, 15) is 9.59 Å². The molecule has 0 bridgehead atoms. The first kappa shape index (κ1) is 14.1. The molecule has 0 aliphatic carbocycles. The van der Waals surface area contributed by atoms with Crippen molar-refractivity contribution < 1.29 is 14.3 Å². The first-order valence-corrected chi connectivity index (χ1v) is 7.07. The van der Waals surface area contributed by atoms with E-state index in [1.54, 1.807) is 36.7 Å². The molecule has 22 heavy (non-hydrogen) atoms. The predicted molar refractivity (Wildman–Crippen MR) is 84.3 cm³/mol. The zero-order valence-electron chi connectivity index (χ0n) is 12.4. The fraction of sp³-hybridized carbons (Fsp3) is 0.176. The van der Waals surface area contributed by atoms with E-state index < -0.39 is 0 Å². The van der Waals surface area contributed by atoms with Crippen LogP contribution in [-0.4, -0.2) is 23.1 Å². The molecule has 0 fully saturated rings. The summed E-state index contributed by atoms with van der Waals surface area (Å²) in [6.07, 6.45) is 1.78. The lowest BCUT2D eigenvalue weighted by molar-refractivity contribution is -0.110. The number of ether oxygens (including phenoxy) is 1. The van der Waals surface area contributed by atoms with Crippen LogP contribution in [-0.2, 0) is 16.6 Å². The normalized spacial score (nSPS) is 14.8. The van der Waals surface area contributed by atoms with Gasteiger partial charge in [-0.1, -0.05) is 18.2 Å². The van der Waals surface area contributed by atoms with Crippen molar-refractivity contribution in [1.29, 1.82) is 0 Å². The predicted octanol–water partition coefficient (Wildman–Crippen LogP) is 2.69. The van der Waals surface area contributed by atoms with E-state index >= 15 is 0 Å². The van der Waals surface area contributed by atoms with Gasteiger partial charge < -0.3 is 14.6 Å². The zero-order chi connectivity index (χ0) is 15.7. The highest BCUT2D eigenvalue weighted by Crippen LogP contribution is 2.32. The summed E-state index contributed by atoms with van der Waals surface area (Å²) in [4.78, 5) is 23.9. The Morgan fingerprint density at radius 1 is 1.27 bits per heavy atom. The fourth-order valence-electron chi connectivity index (χ4n) is 2.51. The quantitative estimate of drug-likeness (QED) is 0.700. The maximum absolute atomic E-state index is 12.1. The number of nitrogens with one attached hydrogen (secondary N) is 1. The van der Waals surface area contributed by atoms with Gasteiger partial charge in [0.1, 0.15) is 5.69 Å². The first-order chi connectivity index (χ1) is 10.6. The number of nitrogens with zero attached hydrogens (tertiary/aromatic N) is 1. The number of anilines is 1. The lowest BCUT2D eigenvalue weighted by atomic mass is 10.1. The van der Waals surface area contributed by atoms with E-state index in [0.717, 1.165) is 16.9 Å². The van der Waals surface area contributed by atoms with Crippen LogP contribution in [0.25, 0.3) is 11.6 Å². The van der Waals surface area contributed by atoms with E-state index in [1.165, 1.54) is 0 Å².